The zero-order valence-corrected chi connectivity index (χ0v) is 15.8. The number of fused-ring (bicyclic) bond motifs is 1. The van der Waals surface area contributed by atoms with E-state index in [1.54, 1.807) is 18.3 Å². The smallest absolute Gasteiger partial charge is 0.293 e. The molecule has 0 spiro atoms. The summed E-state index contributed by atoms with van der Waals surface area (Å²) in [6, 6.07) is 9.34. The molecule has 1 atom stereocenters. The Morgan fingerprint density at radius 1 is 1.37 bits per heavy atom. The van der Waals surface area contributed by atoms with Crippen LogP contribution in [0.3, 0.4) is 0 Å². The van der Waals surface area contributed by atoms with Gasteiger partial charge in [-0.1, -0.05) is 18.2 Å². The van der Waals surface area contributed by atoms with Crippen molar-refractivity contribution in [2.75, 3.05) is 18.5 Å². The van der Waals surface area contributed by atoms with E-state index in [0.29, 0.717) is 35.6 Å². The first-order valence-corrected chi connectivity index (χ1v) is 8.87. The molecule has 0 aliphatic rings. The molecular formula is C19H23N7O. The van der Waals surface area contributed by atoms with Gasteiger partial charge in [-0.2, -0.15) is 10.4 Å². The highest BCUT2D eigenvalue weighted by Crippen LogP contribution is 2.19. The number of benzene rings is 1. The van der Waals surface area contributed by atoms with E-state index in [0.717, 1.165) is 5.56 Å². The molecule has 2 N–H and O–H groups in total. The van der Waals surface area contributed by atoms with Gasteiger partial charge in [-0.15, -0.1) is 0 Å². The van der Waals surface area contributed by atoms with Crippen molar-refractivity contribution in [3.05, 3.63) is 51.9 Å². The standard InChI is InChI=1S/C19H23N7O/c1-4-25-17-16(23-19(25)24(3)11-13(2)21)10-22-26(18(17)27)12-15-8-6-5-7-14(15)9-20/h5-8,10,13H,4,11-12,21H2,1-3H3/t13-/m0/s1. The minimum Gasteiger partial charge on any atom is -0.344 e. The molecule has 8 heteroatoms. The van der Waals surface area contributed by atoms with Crippen molar-refractivity contribution in [3.8, 4) is 6.07 Å². The van der Waals surface area contributed by atoms with Crippen LogP contribution < -0.4 is 16.2 Å². The molecule has 0 aliphatic carbocycles. The average molecular weight is 365 g/mol. The molecule has 0 saturated carbocycles. The van der Waals surface area contributed by atoms with Crippen LogP contribution in [-0.2, 0) is 13.1 Å². The zero-order chi connectivity index (χ0) is 19.6. The third-order valence-electron chi connectivity index (χ3n) is 4.41. The summed E-state index contributed by atoms with van der Waals surface area (Å²) in [6.45, 7) is 5.36. The molecule has 0 fully saturated rings. The number of hydrogen-bond donors (Lipinski definition) is 1. The number of likely N-dealkylation sites (N-methyl/N-ethyl adjacent to an activating group) is 1. The van der Waals surface area contributed by atoms with Crippen LogP contribution in [0.25, 0.3) is 11.0 Å². The van der Waals surface area contributed by atoms with E-state index < -0.39 is 0 Å². The van der Waals surface area contributed by atoms with Gasteiger partial charge in [0.1, 0.15) is 11.0 Å². The summed E-state index contributed by atoms with van der Waals surface area (Å²) in [7, 11) is 1.91. The molecular weight excluding hydrogens is 342 g/mol. The van der Waals surface area contributed by atoms with Gasteiger partial charge in [-0.3, -0.25) is 4.79 Å². The Labute approximate surface area is 157 Å². The van der Waals surface area contributed by atoms with Crippen LogP contribution >= 0.6 is 0 Å². The van der Waals surface area contributed by atoms with Crippen molar-refractivity contribution in [3.63, 3.8) is 0 Å². The van der Waals surface area contributed by atoms with Gasteiger partial charge in [0.05, 0.1) is 24.4 Å². The number of anilines is 1. The summed E-state index contributed by atoms with van der Waals surface area (Å²) in [5.74, 6) is 0.693. The number of hydrogen-bond acceptors (Lipinski definition) is 6. The lowest BCUT2D eigenvalue weighted by Crippen LogP contribution is -2.34. The van der Waals surface area contributed by atoms with E-state index in [9.17, 15) is 10.1 Å². The Morgan fingerprint density at radius 2 is 2.11 bits per heavy atom. The molecule has 0 aliphatic heterocycles. The second kappa shape index (κ2) is 7.60. The van der Waals surface area contributed by atoms with E-state index >= 15 is 0 Å². The summed E-state index contributed by atoms with van der Waals surface area (Å²) < 4.78 is 3.26. The SMILES string of the molecule is CCn1c(N(C)C[C@H](C)N)nc2cnn(Cc3ccccc3C#N)c(=O)c21. The van der Waals surface area contributed by atoms with Crippen LogP contribution in [0.5, 0.6) is 0 Å². The number of nitrogens with two attached hydrogens (primary N) is 1. The fourth-order valence-electron chi connectivity index (χ4n) is 3.22. The number of aromatic nitrogens is 4. The molecule has 0 amide bonds. The Hall–Kier alpha value is -3.18. The third kappa shape index (κ3) is 3.55. The van der Waals surface area contributed by atoms with Gasteiger partial charge in [0, 0.05) is 26.2 Å². The minimum absolute atomic E-state index is 0.0163. The van der Waals surface area contributed by atoms with Gasteiger partial charge < -0.3 is 15.2 Å². The van der Waals surface area contributed by atoms with Gasteiger partial charge in [0.15, 0.2) is 0 Å². The van der Waals surface area contributed by atoms with Gasteiger partial charge in [-0.05, 0) is 25.5 Å². The van der Waals surface area contributed by atoms with Gasteiger partial charge in [-0.25, -0.2) is 9.67 Å². The number of nitriles is 1. The number of rotatable bonds is 6. The topological polar surface area (TPSA) is 106 Å². The summed E-state index contributed by atoms with van der Waals surface area (Å²) in [4.78, 5) is 19.6. The second-order valence-corrected chi connectivity index (χ2v) is 6.62. The van der Waals surface area contributed by atoms with Crippen LogP contribution in [-0.4, -0.2) is 39.0 Å². The van der Waals surface area contributed by atoms with Crippen molar-refractivity contribution in [1.82, 2.24) is 19.3 Å². The lowest BCUT2D eigenvalue weighted by atomic mass is 10.1. The maximum atomic E-state index is 13.1. The number of imidazole rings is 1. The van der Waals surface area contributed by atoms with Crippen LogP contribution in [0.4, 0.5) is 5.95 Å². The van der Waals surface area contributed by atoms with Gasteiger partial charge >= 0.3 is 0 Å². The average Bonchev–Trinajstić information content (AvgIpc) is 3.03. The maximum Gasteiger partial charge on any atom is 0.293 e. The van der Waals surface area contributed by atoms with Gasteiger partial charge in [0.25, 0.3) is 5.56 Å². The summed E-state index contributed by atoms with van der Waals surface area (Å²) in [5, 5.41) is 13.5. The van der Waals surface area contributed by atoms with Crippen LogP contribution in [0.15, 0.2) is 35.3 Å². The highest BCUT2D eigenvalue weighted by atomic mass is 16.1. The first-order valence-electron chi connectivity index (χ1n) is 8.87. The zero-order valence-electron chi connectivity index (χ0n) is 15.8. The van der Waals surface area contributed by atoms with E-state index in [4.69, 9.17) is 5.73 Å². The fourth-order valence-corrected chi connectivity index (χ4v) is 3.22. The largest absolute Gasteiger partial charge is 0.344 e. The predicted molar refractivity (Wildman–Crippen MR) is 105 cm³/mol. The highest BCUT2D eigenvalue weighted by molar-refractivity contribution is 5.77. The second-order valence-electron chi connectivity index (χ2n) is 6.62. The molecule has 2 heterocycles. The highest BCUT2D eigenvalue weighted by Gasteiger charge is 2.18. The molecule has 0 saturated heterocycles. The monoisotopic (exact) mass is 365 g/mol. The van der Waals surface area contributed by atoms with E-state index in [1.807, 2.05) is 42.5 Å². The van der Waals surface area contributed by atoms with Crippen molar-refractivity contribution in [2.45, 2.75) is 33.0 Å². The van der Waals surface area contributed by atoms with Gasteiger partial charge in [0.2, 0.25) is 5.95 Å². The summed E-state index contributed by atoms with van der Waals surface area (Å²) in [5.41, 5.74) is 8.03. The molecule has 27 heavy (non-hydrogen) atoms. The van der Waals surface area contributed by atoms with E-state index in [-0.39, 0.29) is 18.1 Å². The van der Waals surface area contributed by atoms with Crippen LogP contribution in [0.2, 0.25) is 0 Å². The Kier molecular flexibility index (Phi) is 5.23. The fraction of sp³-hybridized carbons (Fsp3) is 0.368. The summed E-state index contributed by atoms with van der Waals surface area (Å²) in [6.07, 6.45) is 1.60. The van der Waals surface area contributed by atoms with Crippen molar-refractivity contribution in [2.24, 2.45) is 5.73 Å². The molecule has 8 nitrogen and oxygen atoms in total. The van der Waals surface area contributed by atoms with Crippen molar-refractivity contribution in [1.29, 1.82) is 5.26 Å². The van der Waals surface area contributed by atoms with Crippen LogP contribution in [0.1, 0.15) is 25.0 Å². The minimum atomic E-state index is -0.227. The van der Waals surface area contributed by atoms with Crippen LogP contribution in [0, 0.1) is 11.3 Å². The molecule has 0 unspecified atom stereocenters. The first-order chi connectivity index (χ1) is 13.0. The molecule has 2 aromatic heterocycles. The van der Waals surface area contributed by atoms with Crippen molar-refractivity contribution >= 4 is 17.0 Å². The number of aryl methyl sites for hydroxylation is 1. The third-order valence-corrected chi connectivity index (χ3v) is 4.41. The molecule has 1 aromatic carbocycles. The lowest BCUT2D eigenvalue weighted by molar-refractivity contribution is 0.638. The molecule has 3 aromatic rings. The lowest BCUT2D eigenvalue weighted by Gasteiger charge is -2.21. The normalized spacial score (nSPS) is 12.1. The molecule has 3 rings (SSSR count). The number of nitrogens with zero attached hydrogens (tertiary/aromatic N) is 6. The summed E-state index contributed by atoms with van der Waals surface area (Å²) >= 11 is 0. The van der Waals surface area contributed by atoms with E-state index in [1.165, 1.54) is 4.68 Å². The predicted octanol–water partition coefficient (Wildman–Crippen LogP) is 1.32. The maximum absolute atomic E-state index is 13.1. The molecule has 0 radical (unpaired) electrons. The molecule has 140 valence electrons. The Balaban J connectivity index is 2.09. The van der Waals surface area contributed by atoms with E-state index in [2.05, 4.69) is 16.2 Å². The Morgan fingerprint density at radius 3 is 2.78 bits per heavy atom. The quantitative estimate of drug-likeness (QED) is 0.706. The first kappa shape index (κ1) is 18.6. The van der Waals surface area contributed by atoms with Crippen molar-refractivity contribution < 1.29 is 0 Å². The molecule has 0 bridgehead atoms. The Bertz CT molecular complexity index is 1060.